The second kappa shape index (κ2) is 8.56. The number of rotatable bonds is 8. The number of carbonyl (C=O) groups excluding carboxylic acids is 1. The van der Waals surface area contributed by atoms with Crippen LogP contribution in [0.2, 0.25) is 0 Å². The summed E-state index contributed by atoms with van der Waals surface area (Å²) in [7, 11) is 0. The summed E-state index contributed by atoms with van der Waals surface area (Å²) in [4.78, 5) is 11.3. The third-order valence-corrected chi connectivity index (χ3v) is 4.14. The first-order valence-electron chi connectivity index (χ1n) is 8.75. The maximum absolute atomic E-state index is 11.3. The van der Waals surface area contributed by atoms with Crippen LogP contribution < -0.4 is 4.74 Å². The van der Waals surface area contributed by atoms with Crippen LogP contribution in [0.25, 0.3) is 21.5 Å². The molecule has 5 nitrogen and oxygen atoms in total. The van der Waals surface area contributed by atoms with Crippen LogP contribution in [-0.4, -0.2) is 37.5 Å². The van der Waals surface area contributed by atoms with Crippen molar-refractivity contribution in [1.82, 2.24) is 0 Å². The molecule has 0 spiro atoms. The van der Waals surface area contributed by atoms with Gasteiger partial charge in [0.1, 0.15) is 24.7 Å². The predicted octanol–water partition coefficient (Wildman–Crippen LogP) is 4.21. The van der Waals surface area contributed by atoms with Gasteiger partial charge < -0.3 is 19.3 Å². The fourth-order valence-corrected chi connectivity index (χ4v) is 2.84. The molecule has 0 unspecified atom stereocenters. The lowest BCUT2D eigenvalue weighted by molar-refractivity contribution is -0.140. The maximum Gasteiger partial charge on any atom is 0.333 e. The van der Waals surface area contributed by atoms with Gasteiger partial charge in [0.05, 0.1) is 13.2 Å². The van der Waals surface area contributed by atoms with Gasteiger partial charge in [-0.25, -0.2) is 4.79 Å². The lowest BCUT2D eigenvalue weighted by Gasteiger charge is -2.15. The van der Waals surface area contributed by atoms with Crippen LogP contribution in [0.1, 0.15) is 6.92 Å². The molecule has 0 aromatic heterocycles. The zero-order valence-electron chi connectivity index (χ0n) is 15.2. The van der Waals surface area contributed by atoms with Crippen molar-refractivity contribution in [2.24, 2.45) is 0 Å². The molecular formula is C22H22O5. The molecule has 3 aromatic carbocycles. The van der Waals surface area contributed by atoms with Crippen molar-refractivity contribution in [3.63, 3.8) is 0 Å². The summed E-state index contributed by atoms with van der Waals surface area (Å²) >= 11 is 0. The number of phenols is 1. The molecule has 0 radical (unpaired) electrons. The van der Waals surface area contributed by atoms with Gasteiger partial charge in [0.15, 0.2) is 0 Å². The molecule has 0 atom stereocenters. The second-order valence-corrected chi connectivity index (χ2v) is 6.15. The summed E-state index contributed by atoms with van der Waals surface area (Å²) in [5.41, 5.74) is 0.365. The van der Waals surface area contributed by atoms with Gasteiger partial charge in [-0.15, -0.1) is 0 Å². The van der Waals surface area contributed by atoms with E-state index >= 15 is 0 Å². The summed E-state index contributed by atoms with van der Waals surface area (Å²) in [6, 6.07) is 15.2. The minimum Gasteiger partial charge on any atom is -0.507 e. The number of benzene rings is 3. The van der Waals surface area contributed by atoms with Crippen LogP contribution >= 0.6 is 0 Å². The topological polar surface area (TPSA) is 65.0 Å². The van der Waals surface area contributed by atoms with Gasteiger partial charge in [-0.05, 0) is 6.92 Å². The van der Waals surface area contributed by atoms with Gasteiger partial charge >= 0.3 is 5.97 Å². The molecule has 1 N–H and O–H groups in total. The van der Waals surface area contributed by atoms with E-state index in [-0.39, 0.29) is 12.4 Å². The van der Waals surface area contributed by atoms with Crippen molar-refractivity contribution >= 4 is 27.5 Å². The molecule has 5 heteroatoms. The summed E-state index contributed by atoms with van der Waals surface area (Å²) in [6.45, 7) is 6.28. The Hall–Kier alpha value is -3.05. The van der Waals surface area contributed by atoms with Gasteiger partial charge in [0.2, 0.25) is 0 Å². The number of ether oxygens (including phenoxy) is 3. The first-order chi connectivity index (χ1) is 13.1. The molecule has 0 saturated carbocycles. The highest BCUT2D eigenvalue weighted by molar-refractivity contribution is 6.10. The predicted molar refractivity (Wildman–Crippen MR) is 105 cm³/mol. The van der Waals surface area contributed by atoms with Crippen LogP contribution in [-0.2, 0) is 14.3 Å². The van der Waals surface area contributed by atoms with Gasteiger partial charge in [-0.2, -0.15) is 0 Å². The van der Waals surface area contributed by atoms with E-state index in [1.807, 2.05) is 48.5 Å². The van der Waals surface area contributed by atoms with E-state index in [1.54, 1.807) is 6.92 Å². The minimum atomic E-state index is -0.420. The Morgan fingerprint density at radius 3 is 1.96 bits per heavy atom. The van der Waals surface area contributed by atoms with Crippen LogP contribution in [0.4, 0.5) is 0 Å². The third-order valence-electron chi connectivity index (χ3n) is 4.14. The van der Waals surface area contributed by atoms with Gasteiger partial charge in [-0.3, -0.25) is 0 Å². The highest BCUT2D eigenvalue weighted by atomic mass is 16.6. The van der Waals surface area contributed by atoms with Crippen LogP contribution in [0.3, 0.4) is 0 Å². The number of aromatic hydroxyl groups is 1. The fraction of sp³-hybridized carbons (Fsp3) is 0.227. The average molecular weight is 366 g/mol. The average Bonchev–Trinajstić information content (AvgIpc) is 2.69. The molecule has 0 amide bonds. The Morgan fingerprint density at radius 2 is 1.41 bits per heavy atom. The molecule has 0 fully saturated rings. The summed E-state index contributed by atoms with van der Waals surface area (Å²) < 4.78 is 16.4. The largest absolute Gasteiger partial charge is 0.507 e. The lowest BCUT2D eigenvalue weighted by Crippen LogP contribution is -2.14. The smallest absolute Gasteiger partial charge is 0.333 e. The fourth-order valence-electron chi connectivity index (χ4n) is 2.84. The number of fused-ring (bicyclic) bond motifs is 2. The second-order valence-electron chi connectivity index (χ2n) is 6.15. The molecule has 0 aliphatic carbocycles. The van der Waals surface area contributed by atoms with E-state index < -0.39 is 5.97 Å². The van der Waals surface area contributed by atoms with Gasteiger partial charge in [0, 0.05) is 27.1 Å². The molecule has 0 aliphatic heterocycles. The Labute approximate surface area is 157 Å². The Kier molecular flexibility index (Phi) is 5.94. The first-order valence-corrected chi connectivity index (χ1v) is 8.75. The number of phenolic OH excluding ortho intramolecular Hbond substituents is 1. The Morgan fingerprint density at radius 1 is 0.889 bits per heavy atom. The molecule has 140 valence electrons. The molecule has 0 saturated heterocycles. The number of hydrogen-bond donors (Lipinski definition) is 1. The van der Waals surface area contributed by atoms with Crippen molar-refractivity contribution in [2.45, 2.75) is 6.92 Å². The third kappa shape index (κ3) is 4.20. The Bertz CT molecular complexity index is 920. The molecule has 27 heavy (non-hydrogen) atoms. The van der Waals surface area contributed by atoms with Crippen molar-refractivity contribution in [1.29, 1.82) is 0 Å². The molecule has 3 aromatic rings. The molecule has 3 rings (SSSR count). The Balaban J connectivity index is 1.65. The summed E-state index contributed by atoms with van der Waals surface area (Å²) in [6.07, 6.45) is 0. The highest BCUT2D eigenvalue weighted by Gasteiger charge is 2.13. The first kappa shape index (κ1) is 18.7. The normalized spacial score (nSPS) is 10.9. The van der Waals surface area contributed by atoms with Crippen molar-refractivity contribution < 1.29 is 24.1 Å². The molecule has 0 heterocycles. The molecule has 0 bridgehead atoms. The van der Waals surface area contributed by atoms with Crippen LogP contribution in [0, 0.1) is 0 Å². The van der Waals surface area contributed by atoms with Gasteiger partial charge in [0.25, 0.3) is 0 Å². The van der Waals surface area contributed by atoms with E-state index in [0.717, 1.165) is 27.3 Å². The zero-order valence-corrected chi connectivity index (χ0v) is 15.2. The quantitative estimate of drug-likeness (QED) is 0.280. The number of carbonyl (C=O) groups is 1. The monoisotopic (exact) mass is 366 g/mol. The molecular weight excluding hydrogens is 344 g/mol. The SMILES string of the molecule is C=C(C)C(=O)OCCOCCOc1c2ccccc2c(O)c2ccccc12. The summed E-state index contributed by atoms with van der Waals surface area (Å²) in [5.74, 6) is 0.553. The van der Waals surface area contributed by atoms with Crippen molar-refractivity contribution in [3.8, 4) is 11.5 Å². The lowest BCUT2D eigenvalue weighted by atomic mass is 10.0. The van der Waals surface area contributed by atoms with E-state index in [1.165, 1.54) is 0 Å². The van der Waals surface area contributed by atoms with E-state index in [4.69, 9.17) is 14.2 Å². The zero-order chi connectivity index (χ0) is 19.2. The minimum absolute atomic E-state index is 0.177. The van der Waals surface area contributed by atoms with Crippen molar-refractivity contribution in [2.75, 3.05) is 26.4 Å². The van der Waals surface area contributed by atoms with E-state index in [2.05, 4.69) is 6.58 Å². The van der Waals surface area contributed by atoms with Crippen LogP contribution in [0.15, 0.2) is 60.7 Å². The van der Waals surface area contributed by atoms with E-state index in [0.29, 0.717) is 25.4 Å². The molecule has 0 aliphatic rings. The standard InChI is InChI=1S/C22H22O5/c1-15(2)22(24)27-14-12-25-11-13-26-21-18-9-5-3-7-16(18)20(23)17-8-4-6-10-19(17)21/h3-10,23H,1,11-14H2,2H3. The maximum atomic E-state index is 11.3. The van der Waals surface area contributed by atoms with Crippen molar-refractivity contribution in [3.05, 3.63) is 60.7 Å². The number of hydrogen-bond acceptors (Lipinski definition) is 5. The highest BCUT2D eigenvalue weighted by Crippen LogP contribution is 2.41. The number of esters is 1. The van der Waals surface area contributed by atoms with Gasteiger partial charge in [-0.1, -0.05) is 55.1 Å². The van der Waals surface area contributed by atoms with Crippen LogP contribution in [0.5, 0.6) is 11.5 Å². The van der Waals surface area contributed by atoms with E-state index in [9.17, 15) is 9.90 Å². The summed E-state index contributed by atoms with van der Waals surface area (Å²) in [5, 5.41) is 13.8.